The van der Waals surface area contributed by atoms with Crippen molar-refractivity contribution < 1.29 is 41.4 Å². The SMILES string of the molecule is COc1ccc(CN(Cc2ccc(OC)cc2)c2cc(Cl)c(C(F)(F)F)c(C3Cc4nc(S(C)=O)nc(N5CCOC[C@@](C)(O)C5)c4CO3)c2)cc1. The van der Waals surface area contributed by atoms with Gasteiger partial charge in [0.05, 0.1) is 73.8 Å². The van der Waals surface area contributed by atoms with Crippen molar-refractivity contribution in [1.29, 1.82) is 0 Å². The van der Waals surface area contributed by atoms with Crippen molar-refractivity contribution in [2.45, 2.75) is 56.1 Å². The van der Waals surface area contributed by atoms with Crippen LogP contribution in [0.3, 0.4) is 0 Å². The van der Waals surface area contributed by atoms with Crippen LogP contribution >= 0.6 is 11.6 Å². The molecule has 2 aliphatic rings. The van der Waals surface area contributed by atoms with E-state index in [9.17, 15) is 22.5 Å². The van der Waals surface area contributed by atoms with E-state index in [2.05, 4.69) is 9.97 Å². The number of halogens is 4. The van der Waals surface area contributed by atoms with Crippen LogP contribution in [0.25, 0.3) is 0 Å². The van der Waals surface area contributed by atoms with Crippen LogP contribution in [0, 0.1) is 0 Å². The van der Waals surface area contributed by atoms with Crippen LogP contribution in [0.2, 0.25) is 5.02 Å². The van der Waals surface area contributed by atoms with E-state index in [-0.39, 0.29) is 36.9 Å². The predicted octanol–water partition coefficient (Wildman–Crippen LogP) is 6.51. The van der Waals surface area contributed by atoms with Crippen molar-refractivity contribution in [3.8, 4) is 11.5 Å². The summed E-state index contributed by atoms with van der Waals surface area (Å²) in [6.45, 7) is 3.20. The van der Waals surface area contributed by atoms with Gasteiger partial charge in [-0.25, -0.2) is 9.97 Å². The number of methoxy groups -OCH3 is 2. The van der Waals surface area contributed by atoms with E-state index in [4.69, 9.17) is 30.5 Å². The molecular formula is C37H40ClF3N4O6S. The smallest absolute Gasteiger partial charge is 0.418 e. The number of fused-ring (bicyclic) bond motifs is 1. The lowest BCUT2D eigenvalue weighted by Crippen LogP contribution is -2.43. The Morgan fingerprint density at radius 1 is 1.04 bits per heavy atom. The van der Waals surface area contributed by atoms with Crippen molar-refractivity contribution >= 4 is 33.9 Å². The maximum absolute atomic E-state index is 14.8. The molecule has 4 aromatic rings. The highest BCUT2D eigenvalue weighted by molar-refractivity contribution is 7.84. The molecular weight excluding hydrogens is 721 g/mol. The summed E-state index contributed by atoms with van der Waals surface area (Å²) in [5.41, 5.74) is 0.905. The molecule has 1 aromatic heterocycles. The van der Waals surface area contributed by atoms with Crippen LogP contribution in [0.5, 0.6) is 11.5 Å². The zero-order valence-corrected chi connectivity index (χ0v) is 30.8. The number of rotatable bonds is 10. The first kappa shape index (κ1) is 37.8. The van der Waals surface area contributed by atoms with E-state index in [1.54, 1.807) is 21.1 Å². The normalized spacial score (nSPS) is 19.8. The molecule has 0 bridgehead atoms. The molecule has 10 nitrogen and oxygen atoms in total. The van der Waals surface area contributed by atoms with Crippen LogP contribution in [-0.2, 0) is 52.6 Å². The number of alkyl halides is 3. The predicted molar refractivity (Wildman–Crippen MR) is 192 cm³/mol. The van der Waals surface area contributed by atoms with Gasteiger partial charge in [-0.3, -0.25) is 4.21 Å². The molecule has 3 atom stereocenters. The maximum Gasteiger partial charge on any atom is 0.418 e. The summed E-state index contributed by atoms with van der Waals surface area (Å²) in [6.07, 6.45) is -4.51. The molecule has 1 fully saturated rings. The minimum Gasteiger partial charge on any atom is -0.497 e. The highest BCUT2D eigenvalue weighted by atomic mass is 35.5. The number of hydrogen-bond acceptors (Lipinski definition) is 10. The number of nitrogens with zero attached hydrogens (tertiary/aromatic N) is 4. The Morgan fingerprint density at radius 3 is 2.21 bits per heavy atom. The highest BCUT2D eigenvalue weighted by Crippen LogP contribution is 2.45. The summed E-state index contributed by atoms with van der Waals surface area (Å²) in [5, 5.41) is 10.4. The minimum absolute atomic E-state index is 0.0344. The summed E-state index contributed by atoms with van der Waals surface area (Å²) < 4.78 is 79.7. The Bertz CT molecular complexity index is 1860. The fourth-order valence-electron chi connectivity index (χ4n) is 6.49. The van der Waals surface area contributed by atoms with Gasteiger partial charge in [-0.1, -0.05) is 35.9 Å². The summed E-state index contributed by atoms with van der Waals surface area (Å²) in [7, 11) is 1.55. The van der Waals surface area contributed by atoms with Gasteiger partial charge in [0, 0.05) is 43.6 Å². The van der Waals surface area contributed by atoms with Gasteiger partial charge >= 0.3 is 6.18 Å². The van der Waals surface area contributed by atoms with Crippen LogP contribution < -0.4 is 19.3 Å². The number of benzene rings is 3. The molecule has 2 unspecified atom stereocenters. The first-order valence-electron chi connectivity index (χ1n) is 16.6. The fraction of sp³-hybridized carbons (Fsp3) is 0.405. The molecule has 0 amide bonds. The summed E-state index contributed by atoms with van der Waals surface area (Å²) in [5.74, 6) is 1.76. The van der Waals surface area contributed by atoms with Crippen molar-refractivity contribution in [2.75, 3.05) is 56.6 Å². The second-order valence-corrected chi connectivity index (χ2v) is 14.8. The minimum atomic E-state index is -4.80. The van der Waals surface area contributed by atoms with Gasteiger partial charge in [-0.15, -0.1) is 0 Å². The van der Waals surface area contributed by atoms with Gasteiger partial charge in [-0.05, 0) is 60.0 Å². The number of anilines is 2. The van der Waals surface area contributed by atoms with Gasteiger partial charge in [-0.2, -0.15) is 13.2 Å². The molecule has 52 heavy (non-hydrogen) atoms. The first-order chi connectivity index (χ1) is 24.7. The van der Waals surface area contributed by atoms with E-state index in [1.807, 2.05) is 58.3 Å². The molecule has 0 aliphatic carbocycles. The van der Waals surface area contributed by atoms with Crippen LogP contribution in [0.4, 0.5) is 24.7 Å². The van der Waals surface area contributed by atoms with E-state index in [1.165, 1.54) is 18.4 Å². The van der Waals surface area contributed by atoms with Gasteiger partial charge in [0.2, 0.25) is 5.16 Å². The summed E-state index contributed by atoms with van der Waals surface area (Å²) in [4.78, 5) is 12.9. The van der Waals surface area contributed by atoms with Gasteiger partial charge in [0.25, 0.3) is 0 Å². The molecule has 15 heteroatoms. The molecule has 0 saturated carbocycles. The largest absolute Gasteiger partial charge is 0.497 e. The summed E-state index contributed by atoms with van der Waals surface area (Å²) in [6, 6.07) is 17.7. The van der Waals surface area contributed by atoms with E-state index in [0.29, 0.717) is 60.5 Å². The maximum atomic E-state index is 14.8. The Kier molecular flexibility index (Phi) is 11.3. The molecule has 1 saturated heterocycles. The molecule has 0 spiro atoms. The quantitative estimate of drug-likeness (QED) is 0.180. The van der Waals surface area contributed by atoms with Crippen molar-refractivity contribution in [1.82, 2.24) is 9.97 Å². The Balaban J connectivity index is 1.42. The first-order valence-corrected chi connectivity index (χ1v) is 18.5. The zero-order valence-electron chi connectivity index (χ0n) is 29.2. The molecule has 278 valence electrons. The molecule has 6 rings (SSSR count). The number of aromatic nitrogens is 2. The van der Waals surface area contributed by atoms with Gasteiger partial charge < -0.3 is 33.9 Å². The third-order valence-electron chi connectivity index (χ3n) is 9.03. The number of ether oxygens (including phenoxy) is 4. The lowest BCUT2D eigenvalue weighted by Gasteiger charge is -2.34. The van der Waals surface area contributed by atoms with E-state index < -0.39 is 39.3 Å². The average molecular weight is 761 g/mol. The molecule has 1 N–H and O–H groups in total. The Morgan fingerprint density at radius 2 is 1.65 bits per heavy atom. The molecule has 0 radical (unpaired) electrons. The number of β-amino-alcohol motifs (C(OH)–C–C–N with tert-alkyl or cyclic N) is 1. The van der Waals surface area contributed by atoms with E-state index >= 15 is 0 Å². The third kappa shape index (κ3) is 8.63. The van der Waals surface area contributed by atoms with Crippen LogP contribution in [0.15, 0.2) is 65.8 Å². The van der Waals surface area contributed by atoms with E-state index in [0.717, 1.165) is 11.1 Å². The topological polar surface area (TPSA) is 106 Å². The lowest BCUT2D eigenvalue weighted by molar-refractivity contribution is -0.139. The standard InChI is InChI=1S/C37H40ClF3N4O6S/c1-36(46)21-44(13-14-50-22-36)34-29-20-51-32(17-31(29)42-35(43-34)52(4)47)28-15-25(16-30(38)33(28)37(39,40)41)45(18-23-5-9-26(48-2)10-6-23)19-24-7-11-27(49-3)12-8-24/h5-12,15-16,32,46H,13-14,17-22H2,1-4H3/t32?,36-,52?/m0/s1. The number of aliphatic hydroxyl groups is 1. The Labute approximate surface area is 307 Å². The molecule has 3 aromatic carbocycles. The van der Waals surface area contributed by atoms with Gasteiger partial charge in [0.15, 0.2) is 0 Å². The van der Waals surface area contributed by atoms with Crippen molar-refractivity contribution in [3.63, 3.8) is 0 Å². The Hall–Kier alpha value is -3.95. The van der Waals surface area contributed by atoms with Crippen molar-refractivity contribution in [3.05, 3.63) is 99.2 Å². The van der Waals surface area contributed by atoms with Crippen LogP contribution in [-0.4, -0.2) is 71.7 Å². The fourth-order valence-corrected chi connectivity index (χ4v) is 7.28. The van der Waals surface area contributed by atoms with Crippen molar-refractivity contribution in [2.24, 2.45) is 0 Å². The average Bonchev–Trinajstić information content (AvgIpc) is 3.30. The summed E-state index contributed by atoms with van der Waals surface area (Å²) >= 11 is 6.56. The van der Waals surface area contributed by atoms with Gasteiger partial charge in [0.1, 0.15) is 22.9 Å². The number of hydrogen-bond donors (Lipinski definition) is 1. The monoisotopic (exact) mass is 760 g/mol. The zero-order chi connectivity index (χ0) is 37.2. The molecule has 3 heterocycles. The second-order valence-electron chi connectivity index (χ2n) is 13.1. The lowest BCUT2D eigenvalue weighted by atomic mass is 9.94. The molecule has 2 aliphatic heterocycles. The second kappa shape index (κ2) is 15.6. The third-order valence-corrected chi connectivity index (χ3v) is 10.0. The van der Waals surface area contributed by atoms with Crippen LogP contribution in [0.1, 0.15) is 46.5 Å². The highest BCUT2D eigenvalue weighted by Gasteiger charge is 2.41.